The van der Waals surface area contributed by atoms with Crippen molar-refractivity contribution in [2.24, 2.45) is 0 Å². The third kappa shape index (κ3) is 3.48. The van der Waals surface area contributed by atoms with E-state index in [1.54, 1.807) is 0 Å². The highest BCUT2D eigenvalue weighted by atomic mass is 32.2. The molecule has 1 aromatic carbocycles. The summed E-state index contributed by atoms with van der Waals surface area (Å²) in [6, 6.07) is 7.56. The molecule has 2 aliphatic rings. The van der Waals surface area contributed by atoms with Crippen LogP contribution in [0, 0.1) is 0 Å². The van der Waals surface area contributed by atoms with Crippen molar-refractivity contribution in [3.05, 3.63) is 24.3 Å². The molecule has 0 aromatic heterocycles. The van der Waals surface area contributed by atoms with Crippen LogP contribution in [0.2, 0.25) is 0 Å². The van der Waals surface area contributed by atoms with Gasteiger partial charge >= 0.3 is 0 Å². The van der Waals surface area contributed by atoms with E-state index < -0.39 is 10.0 Å². The number of rotatable bonds is 4. The van der Waals surface area contributed by atoms with Crippen LogP contribution >= 0.6 is 0 Å². The predicted molar refractivity (Wildman–Crippen MR) is 83.3 cm³/mol. The van der Waals surface area contributed by atoms with Gasteiger partial charge in [-0.1, -0.05) is 0 Å². The second-order valence-corrected chi connectivity index (χ2v) is 7.37. The number of sulfonamides is 1. The Kier molecular flexibility index (Phi) is 4.32. The number of hydrogen-bond donors (Lipinski definition) is 2. The summed E-state index contributed by atoms with van der Waals surface area (Å²) in [5.41, 5.74) is 1.72. The molecule has 2 heterocycles. The lowest BCUT2D eigenvalue weighted by Gasteiger charge is -2.29. The number of ether oxygens (including phenoxy) is 1. The Balaban J connectivity index is 1.66. The van der Waals surface area contributed by atoms with Crippen LogP contribution in [0.25, 0.3) is 0 Å². The zero-order valence-electron chi connectivity index (χ0n) is 11.9. The molecule has 1 aromatic rings. The van der Waals surface area contributed by atoms with Gasteiger partial charge in [-0.15, -0.1) is 0 Å². The summed E-state index contributed by atoms with van der Waals surface area (Å²) >= 11 is 0. The molecular formula is C14H21N3O3S. The minimum absolute atomic E-state index is 0.337. The van der Waals surface area contributed by atoms with Crippen molar-refractivity contribution in [2.75, 3.05) is 49.0 Å². The molecule has 0 aliphatic carbocycles. The monoisotopic (exact) mass is 311 g/mol. The maximum atomic E-state index is 12.2. The lowest BCUT2D eigenvalue weighted by atomic mass is 10.2. The molecule has 0 amide bonds. The van der Waals surface area contributed by atoms with Gasteiger partial charge in [-0.3, -0.25) is 4.72 Å². The minimum atomic E-state index is -3.30. The zero-order chi connectivity index (χ0) is 14.7. The van der Waals surface area contributed by atoms with Crippen molar-refractivity contribution in [1.82, 2.24) is 5.32 Å². The SMILES string of the molecule is O=S(=O)(Nc1ccc(N2CCOCC2)cc1)C1CCNC1. The molecule has 6 nitrogen and oxygen atoms in total. The van der Waals surface area contributed by atoms with Crippen molar-refractivity contribution in [3.63, 3.8) is 0 Å². The first-order chi connectivity index (χ1) is 10.1. The van der Waals surface area contributed by atoms with Crippen LogP contribution in [0.3, 0.4) is 0 Å². The van der Waals surface area contributed by atoms with E-state index in [0.29, 0.717) is 18.7 Å². The van der Waals surface area contributed by atoms with Gasteiger partial charge in [-0.25, -0.2) is 8.42 Å². The number of morpholine rings is 1. The lowest BCUT2D eigenvalue weighted by Crippen LogP contribution is -2.36. The fourth-order valence-corrected chi connectivity index (χ4v) is 4.10. The van der Waals surface area contributed by atoms with Gasteiger partial charge in [0, 0.05) is 31.0 Å². The van der Waals surface area contributed by atoms with E-state index in [4.69, 9.17) is 4.74 Å². The quantitative estimate of drug-likeness (QED) is 0.853. The molecule has 2 saturated heterocycles. The molecule has 0 radical (unpaired) electrons. The molecule has 21 heavy (non-hydrogen) atoms. The molecule has 2 N–H and O–H groups in total. The molecule has 0 saturated carbocycles. The fraction of sp³-hybridized carbons (Fsp3) is 0.571. The topological polar surface area (TPSA) is 70.7 Å². The second-order valence-electron chi connectivity index (χ2n) is 5.41. The van der Waals surface area contributed by atoms with Gasteiger partial charge in [-0.2, -0.15) is 0 Å². The first-order valence-electron chi connectivity index (χ1n) is 7.30. The van der Waals surface area contributed by atoms with Gasteiger partial charge in [0.2, 0.25) is 10.0 Å². The summed E-state index contributed by atoms with van der Waals surface area (Å²) < 4.78 is 32.4. The molecule has 7 heteroatoms. The normalized spacial score (nSPS) is 23.2. The van der Waals surface area contributed by atoms with Crippen LogP contribution < -0.4 is 14.9 Å². The van der Waals surface area contributed by atoms with E-state index in [0.717, 1.165) is 38.5 Å². The van der Waals surface area contributed by atoms with Crippen LogP contribution in [0.5, 0.6) is 0 Å². The van der Waals surface area contributed by atoms with Crippen molar-refractivity contribution in [3.8, 4) is 0 Å². The molecule has 0 bridgehead atoms. The smallest absolute Gasteiger partial charge is 0.236 e. The van der Waals surface area contributed by atoms with Crippen LogP contribution in [0.1, 0.15) is 6.42 Å². The van der Waals surface area contributed by atoms with Crippen LogP contribution in [0.15, 0.2) is 24.3 Å². The summed E-state index contributed by atoms with van der Waals surface area (Å²) in [4.78, 5) is 2.24. The van der Waals surface area contributed by atoms with E-state index in [2.05, 4.69) is 14.9 Å². The molecule has 1 unspecified atom stereocenters. The van der Waals surface area contributed by atoms with Crippen molar-refractivity contribution in [2.45, 2.75) is 11.7 Å². The Morgan fingerprint density at radius 2 is 1.90 bits per heavy atom. The first-order valence-corrected chi connectivity index (χ1v) is 8.85. The Morgan fingerprint density at radius 3 is 2.52 bits per heavy atom. The highest BCUT2D eigenvalue weighted by Crippen LogP contribution is 2.21. The number of benzene rings is 1. The molecule has 1 atom stereocenters. The minimum Gasteiger partial charge on any atom is -0.378 e. The third-order valence-electron chi connectivity index (χ3n) is 3.96. The van der Waals surface area contributed by atoms with E-state index in [-0.39, 0.29) is 5.25 Å². The van der Waals surface area contributed by atoms with Gasteiger partial charge in [0.15, 0.2) is 0 Å². The van der Waals surface area contributed by atoms with Gasteiger partial charge in [-0.05, 0) is 37.2 Å². The van der Waals surface area contributed by atoms with E-state index >= 15 is 0 Å². The highest BCUT2D eigenvalue weighted by Gasteiger charge is 2.28. The maximum Gasteiger partial charge on any atom is 0.236 e. The molecule has 116 valence electrons. The van der Waals surface area contributed by atoms with Crippen molar-refractivity contribution < 1.29 is 13.2 Å². The van der Waals surface area contributed by atoms with Crippen LogP contribution in [-0.4, -0.2) is 53.1 Å². The Labute approximate surface area is 125 Å². The third-order valence-corrected chi connectivity index (χ3v) is 5.76. The second kappa shape index (κ2) is 6.21. The summed E-state index contributed by atoms with van der Waals surface area (Å²) in [6.45, 7) is 4.52. The standard InChI is InChI=1S/C14H21N3O3S/c18-21(19,14-5-6-15-11-14)16-12-1-3-13(4-2-12)17-7-9-20-10-8-17/h1-4,14-16H,5-11H2. The summed E-state index contributed by atoms with van der Waals surface area (Å²) in [5, 5.41) is 2.74. The average molecular weight is 311 g/mol. The van der Waals surface area contributed by atoms with Crippen LogP contribution in [0.4, 0.5) is 11.4 Å². The largest absolute Gasteiger partial charge is 0.378 e. The summed E-state index contributed by atoms with van der Waals surface area (Å²) in [6.07, 6.45) is 0.668. The number of hydrogen-bond acceptors (Lipinski definition) is 5. The van der Waals surface area contributed by atoms with Gasteiger partial charge in [0.25, 0.3) is 0 Å². The Morgan fingerprint density at radius 1 is 1.19 bits per heavy atom. The summed E-state index contributed by atoms with van der Waals surface area (Å²) in [7, 11) is -3.30. The van der Waals surface area contributed by atoms with Gasteiger partial charge in [0.1, 0.15) is 0 Å². The van der Waals surface area contributed by atoms with Crippen molar-refractivity contribution >= 4 is 21.4 Å². The molecule has 2 fully saturated rings. The first kappa shape index (κ1) is 14.6. The zero-order valence-corrected chi connectivity index (χ0v) is 12.7. The maximum absolute atomic E-state index is 12.2. The molecule has 3 rings (SSSR count). The van der Waals surface area contributed by atoms with E-state index in [1.807, 2.05) is 24.3 Å². The van der Waals surface area contributed by atoms with E-state index in [1.165, 1.54) is 0 Å². The number of nitrogens with zero attached hydrogens (tertiary/aromatic N) is 1. The average Bonchev–Trinajstić information content (AvgIpc) is 3.04. The Bertz CT molecular complexity index is 562. The number of nitrogens with one attached hydrogen (secondary N) is 2. The molecule has 2 aliphatic heterocycles. The van der Waals surface area contributed by atoms with Crippen molar-refractivity contribution in [1.29, 1.82) is 0 Å². The molecule has 0 spiro atoms. The predicted octanol–water partition coefficient (Wildman–Crippen LogP) is 0.627. The van der Waals surface area contributed by atoms with E-state index in [9.17, 15) is 8.42 Å². The van der Waals surface area contributed by atoms with Gasteiger partial charge in [0.05, 0.1) is 18.5 Å². The highest BCUT2D eigenvalue weighted by molar-refractivity contribution is 7.93. The fourth-order valence-electron chi connectivity index (χ4n) is 2.70. The van der Waals surface area contributed by atoms with Gasteiger partial charge < -0.3 is 15.0 Å². The van der Waals surface area contributed by atoms with Crippen LogP contribution in [-0.2, 0) is 14.8 Å². The Hall–Kier alpha value is -1.31. The molecular weight excluding hydrogens is 290 g/mol. The summed E-state index contributed by atoms with van der Waals surface area (Å²) in [5.74, 6) is 0. The lowest BCUT2D eigenvalue weighted by molar-refractivity contribution is 0.122. The number of anilines is 2.